The maximum Gasteiger partial charge on any atom is 0.324 e. The molecular formula is C13H15N3O7. The van der Waals surface area contributed by atoms with Gasteiger partial charge in [0, 0.05) is 19.7 Å². The molecule has 10 heteroatoms. The minimum absolute atomic E-state index is 0.0815. The normalized spacial score (nSPS) is 16.5. The lowest BCUT2D eigenvalue weighted by Gasteiger charge is -2.31. The molecule has 1 atom stereocenters. The molecule has 0 aromatic heterocycles. The zero-order valence-corrected chi connectivity index (χ0v) is 12.8. The predicted molar refractivity (Wildman–Crippen MR) is 78.9 cm³/mol. The number of esters is 1. The largest absolute Gasteiger partial charge is 0.485 e. The summed E-state index contributed by atoms with van der Waals surface area (Å²) in [6, 6.07) is 1.19. The number of hydrogen-bond donors (Lipinski definition) is 0. The molecule has 23 heavy (non-hydrogen) atoms. The lowest BCUT2D eigenvalue weighted by atomic mass is 9.88. The lowest BCUT2D eigenvalue weighted by molar-refractivity contribution is -0.396. The summed E-state index contributed by atoms with van der Waals surface area (Å²) >= 11 is 0. The van der Waals surface area contributed by atoms with Crippen LogP contribution in [0.1, 0.15) is 17.9 Å². The van der Waals surface area contributed by atoms with Crippen molar-refractivity contribution in [2.45, 2.75) is 12.3 Å². The number of nitro groups is 2. The van der Waals surface area contributed by atoms with E-state index in [1.54, 1.807) is 11.9 Å². The van der Waals surface area contributed by atoms with Gasteiger partial charge < -0.3 is 14.4 Å². The summed E-state index contributed by atoms with van der Waals surface area (Å²) in [7, 11) is 3.95. The summed E-state index contributed by atoms with van der Waals surface area (Å²) < 4.78 is 9.62. The van der Waals surface area contributed by atoms with Crippen LogP contribution in [0, 0.1) is 20.2 Å². The standard InChI is InChI=1S/C13H15N3O7/c1-14-5-4-7(13(17)23-3)10-8(14)6-9(15(18)19)12(22-2)11(10)16(20)21/h6-7H,4-5H2,1-3H3. The third-order valence-corrected chi connectivity index (χ3v) is 3.83. The van der Waals surface area contributed by atoms with Crippen LogP contribution in [0.2, 0.25) is 0 Å². The molecule has 0 radical (unpaired) electrons. The fraction of sp³-hybridized carbons (Fsp3) is 0.462. The Labute approximate surface area is 130 Å². The molecule has 0 bridgehead atoms. The molecular weight excluding hydrogens is 310 g/mol. The number of nitro benzene ring substituents is 2. The van der Waals surface area contributed by atoms with Crippen LogP contribution in [-0.2, 0) is 9.53 Å². The molecule has 2 rings (SSSR count). The molecule has 0 N–H and O–H groups in total. The van der Waals surface area contributed by atoms with Crippen LogP contribution in [0.3, 0.4) is 0 Å². The number of carbonyl (C=O) groups excluding carboxylic acids is 1. The second kappa shape index (κ2) is 6.07. The first-order valence-electron chi connectivity index (χ1n) is 6.66. The van der Waals surface area contributed by atoms with Crippen LogP contribution >= 0.6 is 0 Å². The molecule has 1 aromatic rings. The van der Waals surface area contributed by atoms with Gasteiger partial charge in [0.2, 0.25) is 0 Å². The summed E-state index contributed by atoms with van der Waals surface area (Å²) in [5.74, 6) is -1.97. The van der Waals surface area contributed by atoms with Gasteiger partial charge in [0.05, 0.1) is 41.2 Å². The van der Waals surface area contributed by atoms with E-state index in [0.29, 0.717) is 13.0 Å². The predicted octanol–water partition coefficient (Wildman–Crippen LogP) is 1.61. The van der Waals surface area contributed by atoms with E-state index in [-0.39, 0.29) is 11.3 Å². The number of benzene rings is 1. The van der Waals surface area contributed by atoms with Crippen molar-refractivity contribution >= 4 is 23.0 Å². The number of ether oxygens (including phenoxy) is 2. The SMILES string of the molecule is COC(=O)C1CCN(C)c2cc([N+](=O)[O-])c(OC)c([N+](=O)[O-])c21. The highest BCUT2D eigenvalue weighted by molar-refractivity contribution is 5.87. The van der Waals surface area contributed by atoms with E-state index in [2.05, 4.69) is 0 Å². The summed E-state index contributed by atoms with van der Waals surface area (Å²) in [4.78, 5) is 34.8. The Morgan fingerprint density at radius 2 is 1.96 bits per heavy atom. The van der Waals surface area contributed by atoms with Crippen LogP contribution in [0.25, 0.3) is 0 Å². The van der Waals surface area contributed by atoms with Crippen molar-refractivity contribution in [1.82, 2.24) is 0 Å². The van der Waals surface area contributed by atoms with Crippen molar-refractivity contribution in [2.75, 3.05) is 32.7 Å². The molecule has 1 heterocycles. The van der Waals surface area contributed by atoms with Crippen LogP contribution in [0.15, 0.2) is 6.07 Å². The quantitative estimate of drug-likeness (QED) is 0.464. The van der Waals surface area contributed by atoms with Gasteiger partial charge in [0.15, 0.2) is 0 Å². The minimum Gasteiger partial charge on any atom is -0.485 e. The smallest absolute Gasteiger partial charge is 0.324 e. The lowest BCUT2D eigenvalue weighted by Crippen LogP contribution is -2.31. The first-order chi connectivity index (χ1) is 10.8. The average molecular weight is 325 g/mol. The number of methoxy groups -OCH3 is 2. The molecule has 0 amide bonds. The summed E-state index contributed by atoms with van der Waals surface area (Å²) in [6.07, 6.45) is 0.304. The topological polar surface area (TPSA) is 125 Å². The number of rotatable bonds is 4. The molecule has 0 saturated carbocycles. The van der Waals surface area contributed by atoms with E-state index in [1.165, 1.54) is 13.2 Å². The van der Waals surface area contributed by atoms with E-state index in [4.69, 9.17) is 9.47 Å². The highest BCUT2D eigenvalue weighted by Gasteiger charge is 2.42. The van der Waals surface area contributed by atoms with E-state index in [9.17, 15) is 25.0 Å². The van der Waals surface area contributed by atoms with Gasteiger partial charge in [-0.2, -0.15) is 0 Å². The Morgan fingerprint density at radius 1 is 1.30 bits per heavy atom. The van der Waals surface area contributed by atoms with Crippen molar-refractivity contribution in [3.63, 3.8) is 0 Å². The van der Waals surface area contributed by atoms with E-state index in [0.717, 1.165) is 7.11 Å². The van der Waals surface area contributed by atoms with E-state index in [1.807, 2.05) is 0 Å². The molecule has 0 saturated heterocycles. The molecule has 0 aliphatic carbocycles. The fourth-order valence-electron chi connectivity index (χ4n) is 2.78. The van der Waals surface area contributed by atoms with E-state index < -0.39 is 38.9 Å². The maximum absolute atomic E-state index is 12.0. The van der Waals surface area contributed by atoms with E-state index >= 15 is 0 Å². The molecule has 10 nitrogen and oxygen atoms in total. The number of fused-ring (bicyclic) bond motifs is 1. The maximum atomic E-state index is 12.0. The molecule has 1 aliphatic rings. The second-order valence-corrected chi connectivity index (χ2v) is 5.01. The van der Waals surface area contributed by atoms with Gasteiger partial charge >= 0.3 is 17.3 Å². The molecule has 1 unspecified atom stereocenters. The Morgan fingerprint density at radius 3 is 2.43 bits per heavy atom. The molecule has 0 spiro atoms. The third kappa shape index (κ3) is 2.62. The highest BCUT2D eigenvalue weighted by Crippen LogP contribution is 2.50. The van der Waals surface area contributed by atoms with Gasteiger partial charge in [-0.1, -0.05) is 0 Å². The zero-order valence-electron chi connectivity index (χ0n) is 12.8. The summed E-state index contributed by atoms with van der Waals surface area (Å²) in [6.45, 7) is 0.410. The van der Waals surface area contributed by atoms with Crippen LogP contribution in [-0.4, -0.2) is 43.6 Å². The Kier molecular flexibility index (Phi) is 4.34. The number of nitrogens with zero attached hydrogens (tertiary/aromatic N) is 3. The summed E-state index contributed by atoms with van der Waals surface area (Å²) in [5, 5.41) is 22.7. The van der Waals surface area contributed by atoms with Crippen molar-refractivity contribution in [1.29, 1.82) is 0 Å². The second-order valence-electron chi connectivity index (χ2n) is 5.01. The molecule has 1 aliphatic heterocycles. The van der Waals surface area contributed by atoms with Crippen LogP contribution in [0.5, 0.6) is 5.75 Å². The first-order valence-corrected chi connectivity index (χ1v) is 6.66. The monoisotopic (exact) mass is 325 g/mol. The third-order valence-electron chi connectivity index (χ3n) is 3.83. The van der Waals surface area contributed by atoms with Crippen molar-refractivity contribution < 1.29 is 24.1 Å². The zero-order chi connectivity index (χ0) is 17.3. The summed E-state index contributed by atoms with van der Waals surface area (Å²) in [5.41, 5.74) is -0.752. The molecule has 124 valence electrons. The Bertz CT molecular complexity index is 689. The molecule has 1 aromatic carbocycles. The molecule has 0 fully saturated rings. The van der Waals surface area contributed by atoms with Crippen LogP contribution in [0.4, 0.5) is 17.1 Å². The number of hydrogen-bond acceptors (Lipinski definition) is 8. The van der Waals surface area contributed by atoms with Gasteiger partial charge in [-0.15, -0.1) is 0 Å². The van der Waals surface area contributed by atoms with Gasteiger partial charge in [-0.25, -0.2) is 0 Å². The average Bonchev–Trinajstić information content (AvgIpc) is 2.52. The fourth-order valence-corrected chi connectivity index (χ4v) is 2.78. The Hall–Kier alpha value is -2.91. The number of anilines is 1. The van der Waals surface area contributed by atoms with Gasteiger partial charge in [0.25, 0.3) is 5.75 Å². The minimum atomic E-state index is -0.874. The van der Waals surface area contributed by atoms with Gasteiger partial charge in [0.1, 0.15) is 0 Å². The van der Waals surface area contributed by atoms with Gasteiger partial charge in [-0.05, 0) is 6.42 Å². The Balaban J connectivity index is 2.87. The van der Waals surface area contributed by atoms with Crippen LogP contribution < -0.4 is 9.64 Å². The first kappa shape index (κ1) is 16.5. The van der Waals surface area contributed by atoms with Gasteiger partial charge in [-0.3, -0.25) is 25.0 Å². The van der Waals surface area contributed by atoms with Crippen molar-refractivity contribution in [3.8, 4) is 5.75 Å². The highest BCUT2D eigenvalue weighted by atomic mass is 16.6. The van der Waals surface area contributed by atoms with Crippen molar-refractivity contribution in [2.24, 2.45) is 0 Å². The van der Waals surface area contributed by atoms with Crippen molar-refractivity contribution in [3.05, 3.63) is 31.9 Å². The number of carbonyl (C=O) groups is 1.